The van der Waals surface area contributed by atoms with Gasteiger partial charge in [-0.25, -0.2) is 0 Å². The zero-order valence-electron chi connectivity index (χ0n) is 8.93. The molecule has 4 nitrogen and oxygen atoms in total. The molecule has 0 atom stereocenters. The Morgan fingerprint density at radius 3 is 2.60 bits per heavy atom. The molecule has 1 aromatic rings. The summed E-state index contributed by atoms with van der Waals surface area (Å²) in [6.45, 7) is 2.16. The fourth-order valence-corrected chi connectivity index (χ4v) is 1.30. The van der Waals surface area contributed by atoms with Crippen molar-refractivity contribution in [3.8, 4) is 5.75 Å². The predicted molar refractivity (Wildman–Crippen MR) is 58.1 cm³/mol. The fourth-order valence-electron chi connectivity index (χ4n) is 1.30. The van der Waals surface area contributed by atoms with Gasteiger partial charge in [-0.2, -0.15) is 0 Å². The van der Waals surface area contributed by atoms with Crippen LogP contribution >= 0.6 is 0 Å². The van der Waals surface area contributed by atoms with E-state index in [0.29, 0.717) is 11.2 Å². The minimum absolute atomic E-state index is 0.189. The first-order valence-electron chi connectivity index (χ1n) is 4.79. The second-order valence-electron chi connectivity index (χ2n) is 3.15. The summed E-state index contributed by atoms with van der Waals surface area (Å²) in [5.74, 6) is 0.712. The fraction of sp³-hybridized carbons (Fsp3) is 0.400. The monoisotopic (exact) mass is 210 g/mol. The zero-order chi connectivity index (χ0) is 11.3. The summed E-state index contributed by atoms with van der Waals surface area (Å²) in [5, 5.41) is 18.0. The lowest BCUT2D eigenvalue weighted by Crippen LogP contribution is -2.30. The summed E-state index contributed by atoms with van der Waals surface area (Å²) in [7, 11) is 0.115. The molecule has 15 heavy (non-hydrogen) atoms. The van der Waals surface area contributed by atoms with Crippen molar-refractivity contribution < 1.29 is 19.5 Å². The van der Waals surface area contributed by atoms with Crippen LogP contribution < -0.4 is 10.2 Å². The third kappa shape index (κ3) is 3.23. The molecule has 2 N–H and O–H groups in total. The van der Waals surface area contributed by atoms with Crippen LogP contribution in [-0.2, 0) is 11.2 Å². The standard InChI is InChI=1S/C10H15BO4/c1-3-8-6-9(11(12)13)4-5-10(8)15-7-14-2/h4-6,12-13H,3,7H2,1-2H3. The van der Waals surface area contributed by atoms with E-state index in [1.54, 1.807) is 25.3 Å². The molecule has 0 heterocycles. The van der Waals surface area contributed by atoms with Gasteiger partial charge in [-0.15, -0.1) is 0 Å². The smallest absolute Gasteiger partial charge is 0.467 e. The topological polar surface area (TPSA) is 58.9 Å². The zero-order valence-corrected chi connectivity index (χ0v) is 8.93. The summed E-state index contributed by atoms with van der Waals surface area (Å²) < 4.78 is 10.1. The van der Waals surface area contributed by atoms with Gasteiger partial charge >= 0.3 is 7.12 Å². The molecule has 0 amide bonds. The molecule has 0 fully saturated rings. The number of methoxy groups -OCH3 is 1. The highest BCUT2D eigenvalue weighted by Gasteiger charge is 2.13. The van der Waals surface area contributed by atoms with Crippen molar-refractivity contribution >= 4 is 12.6 Å². The van der Waals surface area contributed by atoms with Crippen LogP contribution in [0.3, 0.4) is 0 Å². The molecular weight excluding hydrogens is 195 g/mol. The van der Waals surface area contributed by atoms with E-state index < -0.39 is 7.12 Å². The molecule has 1 rings (SSSR count). The lowest BCUT2D eigenvalue weighted by molar-refractivity contribution is 0.0505. The minimum atomic E-state index is -1.44. The quantitative estimate of drug-likeness (QED) is 0.526. The Morgan fingerprint density at radius 1 is 1.33 bits per heavy atom. The highest BCUT2D eigenvalue weighted by atomic mass is 16.7. The van der Waals surface area contributed by atoms with Gasteiger partial charge in [0.2, 0.25) is 0 Å². The Kier molecular flexibility index (Phi) is 4.61. The van der Waals surface area contributed by atoms with E-state index in [0.717, 1.165) is 12.0 Å². The number of rotatable bonds is 5. The number of hydrogen-bond acceptors (Lipinski definition) is 4. The van der Waals surface area contributed by atoms with E-state index in [4.69, 9.17) is 19.5 Å². The molecule has 82 valence electrons. The molecule has 0 aliphatic carbocycles. The van der Waals surface area contributed by atoms with E-state index in [9.17, 15) is 0 Å². The molecular formula is C10H15BO4. The summed E-state index contributed by atoms with van der Waals surface area (Å²) in [6, 6.07) is 5.05. The first-order chi connectivity index (χ1) is 7.19. The van der Waals surface area contributed by atoms with E-state index >= 15 is 0 Å². The second kappa shape index (κ2) is 5.75. The average molecular weight is 210 g/mol. The maximum Gasteiger partial charge on any atom is 0.488 e. The van der Waals surface area contributed by atoms with Gasteiger partial charge in [-0.3, -0.25) is 0 Å². The van der Waals surface area contributed by atoms with Crippen molar-refractivity contribution in [1.29, 1.82) is 0 Å². The maximum atomic E-state index is 9.00. The van der Waals surface area contributed by atoms with Gasteiger partial charge in [0, 0.05) is 7.11 Å². The van der Waals surface area contributed by atoms with E-state index in [1.807, 2.05) is 6.92 Å². The van der Waals surface area contributed by atoms with Crippen LogP contribution in [0.25, 0.3) is 0 Å². The molecule has 5 heteroatoms. The van der Waals surface area contributed by atoms with Crippen molar-refractivity contribution in [3.05, 3.63) is 23.8 Å². The van der Waals surface area contributed by atoms with Crippen LogP contribution in [0.5, 0.6) is 5.75 Å². The average Bonchev–Trinajstić information content (AvgIpc) is 2.25. The Balaban J connectivity index is 2.88. The van der Waals surface area contributed by atoms with Gasteiger partial charge < -0.3 is 19.5 Å². The van der Waals surface area contributed by atoms with Gasteiger partial charge in [-0.05, 0) is 23.5 Å². The summed E-state index contributed by atoms with van der Waals surface area (Å²) in [4.78, 5) is 0. The summed E-state index contributed by atoms with van der Waals surface area (Å²) in [5.41, 5.74) is 1.40. The van der Waals surface area contributed by atoms with E-state index in [2.05, 4.69) is 0 Å². The first kappa shape index (κ1) is 12.0. The van der Waals surface area contributed by atoms with Crippen LogP contribution in [-0.4, -0.2) is 31.1 Å². The van der Waals surface area contributed by atoms with Gasteiger partial charge in [-0.1, -0.05) is 19.1 Å². The van der Waals surface area contributed by atoms with E-state index in [1.165, 1.54) is 0 Å². The number of ether oxygens (including phenoxy) is 2. The Morgan fingerprint density at radius 2 is 2.07 bits per heavy atom. The predicted octanol–water partition coefficient (Wildman–Crippen LogP) is -0.0885. The largest absolute Gasteiger partial charge is 0.488 e. The summed E-state index contributed by atoms with van der Waals surface area (Å²) >= 11 is 0. The van der Waals surface area contributed by atoms with Gasteiger partial charge in [0.25, 0.3) is 0 Å². The Bertz CT molecular complexity index is 314. The molecule has 0 aliphatic heterocycles. The van der Waals surface area contributed by atoms with Gasteiger partial charge in [0.15, 0.2) is 6.79 Å². The van der Waals surface area contributed by atoms with Crippen molar-refractivity contribution in [3.63, 3.8) is 0 Å². The van der Waals surface area contributed by atoms with Crippen molar-refractivity contribution in [1.82, 2.24) is 0 Å². The number of hydrogen-bond donors (Lipinski definition) is 2. The van der Waals surface area contributed by atoms with Gasteiger partial charge in [0.05, 0.1) is 0 Å². The Labute approximate surface area is 89.6 Å². The van der Waals surface area contributed by atoms with Crippen molar-refractivity contribution in [2.24, 2.45) is 0 Å². The minimum Gasteiger partial charge on any atom is -0.467 e. The van der Waals surface area contributed by atoms with Gasteiger partial charge in [0.1, 0.15) is 5.75 Å². The van der Waals surface area contributed by atoms with Crippen molar-refractivity contribution in [2.45, 2.75) is 13.3 Å². The van der Waals surface area contributed by atoms with Crippen LogP contribution in [0, 0.1) is 0 Å². The number of benzene rings is 1. The molecule has 0 saturated heterocycles. The molecule has 1 aromatic carbocycles. The third-order valence-corrected chi connectivity index (χ3v) is 2.10. The molecule has 0 unspecified atom stereocenters. The SMILES string of the molecule is CCc1cc(B(O)O)ccc1OCOC. The van der Waals surface area contributed by atoms with Crippen LogP contribution in [0.15, 0.2) is 18.2 Å². The lowest BCUT2D eigenvalue weighted by atomic mass is 9.79. The second-order valence-corrected chi connectivity index (χ2v) is 3.15. The lowest BCUT2D eigenvalue weighted by Gasteiger charge is -2.11. The Hall–Kier alpha value is -1.04. The molecule has 0 bridgehead atoms. The van der Waals surface area contributed by atoms with E-state index in [-0.39, 0.29) is 6.79 Å². The highest BCUT2D eigenvalue weighted by molar-refractivity contribution is 6.58. The van der Waals surface area contributed by atoms with Crippen LogP contribution in [0.2, 0.25) is 0 Å². The highest BCUT2D eigenvalue weighted by Crippen LogP contribution is 2.17. The molecule has 0 aromatic heterocycles. The molecule has 0 saturated carbocycles. The molecule has 0 spiro atoms. The van der Waals surface area contributed by atoms with Crippen molar-refractivity contribution in [2.75, 3.05) is 13.9 Å². The maximum absolute atomic E-state index is 9.00. The first-order valence-corrected chi connectivity index (χ1v) is 4.79. The normalized spacial score (nSPS) is 10.1. The molecule has 0 aliphatic rings. The van der Waals surface area contributed by atoms with Crippen LogP contribution in [0.4, 0.5) is 0 Å². The molecule has 0 radical (unpaired) electrons. The summed E-state index contributed by atoms with van der Waals surface area (Å²) in [6.07, 6.45) is 0.763. The van der Waals surface area contributed by atoms with Crippen LogP contribution in [0.1, 0.15) is 12.5 Å². The third-order valence-electron chi connectivity index (χ3n) is 2.10. The number of aryl methyl sites for hydroxylation is 1.